The standard InChI is InChI=1S/C39H54O7/c1-34(2)17-19-39(33(44)45)20-18-37(5)26(27(39)21-34)12-13-30-35(3)22-28(41)32(43)36(4,29(35)15-16-38(30,37)6)23-46-31(42)14-9-24-7-10-25(40)11-8-24/h7-12,14,27-30,32,40-41,43H,13,15-23H2,1-6H3,(H,44,45)/t27-,28-,29?,30-,32-,35+,36?,37-,38-,39+/m1/s1. The fourth-order valence-corrected chi connectivity index (χ4v) is 11.8. The SMILES string of the molecule is CC1(C)CC[C@]2(C(=O)O)CC[C@]3(C)C(=CC[C@@H]4[C@@]5(C)C[C@@H](O)[C@@H](O)C(C)(COC(=O)C=Cc6ccc(O)cc6)C5CC[C@]43C)[C@H]2C1. The molecule has 2 unspecified atom stereocenters. The number of ether oxygens (including phenoxy) is 1. The Kier molecular flexibility index (Phi) is 7.92. The molecule has 7 nitrogen and oxygen atoms in total. The van der Waals surface area contributed by atoms with Crippen LogP contribution in [0, 0.1) is 50.2 Å². The van der Waals surface area contributed by atoms with E-state index < -0.39 is 35.0 Å². The number of phenols is 1. The van der Waals surface area contributed by atoms with Crippen LogP contribution in [0.4, 0.5) is 0 Å². The first-order valence-electron chi connectivity index (χ1n) is 17.4. The highest BCUT2D eigenvalue weighted by molar-refractivity contribution is 5.87. The minimum absolute atomic E-state index is 0.00428. The molecule has 0 radical (unpaired) electrons. The van der Waals surface area contributed by atoms with Gasteiger partial charge in [0.05, 0.1) is 24.2 Å². The van der Waals surface area contributed by atoms with E-state index in [4.69, 9.17) is 4.74 Å². The molecule has 6 rings (SSSR count). The number of hydrogen-bond acceptors (Lipinski definition) is 6. The molecular weight excluding hydrogens is 580 g/mol. The predicted octanol–water partition coefficient (Wildman–Crippen LogP) is 7.15. The Morgan fingerprint density at radius 3 is 2.26 bits per heavy atom. The van der Waals surface area contributed by atoms with Gasteiger partial charge in [0.2, 0.25) is 0 Å². The lowest BCUT2D eigenvalue weighted by atomic mass is 9.33. The topological polar surface area (TPSA) is 124 Å². The van der Waals surface area contributed by atoms with Gasteiger partial charge in [-0.3, -0.25) is 4.79 Å². The monoisotopic (exact) mass is 634 g/mol. The smallest absolute Gasteiger partial charge is 0.330 e. The maximum absolute atomic E-state index is 12.9. The summed E-state index contributed by atoms with van der Waals surface area (Å²) in [6, 6.07) is 6.53. The van der Waals surface area contributed by atoms with Gasteiger partial charge in [0, 0.05) is 11.5 Å². The molecule has 5 aliphatic carbocycles. The van der Waals surface area contributed by atoms with Crippen molar-refractivity contribution in [1.82, 2.24) is 0 Å². The Balaban J connectivity index is 1.30. The van der Waals surface area contributed by atoms with Crippen LogP contribution < -0.4 is 0 Å². The number of hydrogen-bond donors (Lipinski definition) is 4. The van der Waals surface area contributed by atoms with Gasteiger partial charge in [-0.2, -0.15) is 0 Å². The molecule has 4 saturated carbocycles. The van der Waals surface area contributed by atoms with Gasteiger partial charge in [-0.05, 0) is 121 Å². The number of allylic oxidation sites excluding steroid dienone is 2. The summed E-state index contributed by atoms with van der Waals surface area (Å²) in [5.41, 5.74) is 0.147. The number of aliphatic hydroxyl groups excluding tert-OH is 2. The van der Waals surface area contributed by atoms with Crippen molar-refractivity contribution >= 4 is 18.0 Å². The molecule has 5 aliphatic rings. The van der Waals surface area contributed by atoms with E-state index in [1.54, 1.807) is 30.3 Å². The summed E-state index contributed by atoms with van der Waals surface area (Å²) in [7, 11) is 0. The molecule has 7 heteroatoms. The van der Waals surface area contributed by atoms with Crippen molar-refractivity contribution < 1.29 is 34.8 Å². The van der Waals surface area contributed by atoms with Crippen molar-refractivity contribution in [2.45, 2.75) is 112 Å². The number of carbonyl (C=O) groups excluding carboxylic acids is 1. The molecule has 4 fully saturated rings. The molecule has 252 valence electrons. The van der Waals surface area contributed by atoms with Gasteiger partial charge in [-0.1, -0.05) is 65.3 Å². The number of fused-ring (bicyclic) bond motifs is 7. The Morgan fingerprint density at radius 2 is 1.59 bits per heavy atom. The van der Waals surface area contributed by atoms with Crippen LogP contribution in [0.1, 0.15) is 105 Å². The number of rotatable bonds is 5. The number of aliphatic carboxylic acids is 1. The van der Waals surface area contributed by atoms with Gasteiger partial charge in [0.1, 0.15) is 5.75 Å². The van der Waals surface area contributed by atoms with Crippen molar-refractivity contribution in [3.8, 4) is 5.75 Å². The van der Waals surface area contributed by atoms with Crippen LogP contribution in [0.3, 0.4) is 0 Å². The number of esters is 1. The highest BCUT2D eigenvalue weighted by Gasteiger charge is 2.70. The third-order valence-electron chi connectivity index (χ3n) is 14.6. The number of aliphatic hydroxyl groups is 2. The van der Waals surface area contributed by atoms with E-state index in [2.05, 4.69) is 40.7 Å². The first kappa shape index (κ1) is 33.3. The summed E-state index contributed by atoms with van der Waals surface area (Å²) in [6.45, 7) is 13.7. The van der Waals surface area contributed by atoms with Crippen LogP contribution in [-0.4, -0.2) is 51.2 Å². The first-order chi connectivity index (χ1) is 21.4. The molecular formula is C39H54O7. The molecule has 4 N–H and O–H groups in total. The molecule has 0 bridgehead atoms. The molecule has 0 aromatic heterocycles. The molecule has 0 spiro atoms. The number of carboxylic acids is 1. The Morgan fingerprint density at radius 1 is 0.913 bits per heavy atom. The minimum Gasteiger partial charge on any atom is -0.508 e. The fraction of sp³-hybridized carbons (Fsp3) is 0.692. The van der Waals surface area contributed by atoms with Crippen LogP contribution in [0.2, 0.25) is 0 Å². The van der Waals surface area contributed by atoms with Crippen molar-refractivity contribution in [2.24, 2.45) is 50.2 Å². The Labute approximate surface area is 274 Å². The highest BCUT2D eigenvalue weighted by Crippen LogP contribution is 2.75. The lowest BCUT2D eigenvalue weighted by Gasteiger charge is -2.71. The predicted molar refractivity (Wildman–Crippen MR) is 176 cm³/mol. The largest absolute Gasteiger partial charge is 0.508 e. The Bertz CT molecular complexity index is 1440. The number of benzene rings is 1. The normalized spacial score (nSPS) is 44.6. The number of aromatic hydroxyl groups is 1. The van der Waals surface area contributed by atoms with E-state index >= 15 is 0 Å². The summed E-state index contributed by atoms with van der Waals surface area (Å²) in [5.74, 6) is -0.702. The molecule has 0 amide bonds. The summed E-state index contributed by atoms with van der Waals surface area (Å²) in [6.07, 6.45) is 10.7. The summed E-state index contributed by atoms with van der Waals surface area (Å²) in [4.78, 5) is 25.8. The number of phenolic OH excluding ortho intramolecular Hbond substituents is 1. The van der Waals surface area contributed by atoms with E-state index in [9.17, 15) is 30.0 Å². The second kappa shape index (κ2) is 10.9. The second-order valence-electron chi connectivity index (χ2n) is 17.4. The molecule has 1 aromatic carbocycles. The van der Waals surface area contributed by atoms with Crippen LogP contribution in [-0.2, 0) is 14.3 Å². The van der Waals surface area contributed by atoms with Crippen molar-refractivity contribution in [2.75, 3.05) is 6.61 Å². The van der Waals surface area contributed by atoms with E-state index in [0.29, 0.717) is 12.8 Å². The lowest BCUT2D eigenvalue weighted by molar-refractivity contribution is -0.245. The molecule has 0 aliphatic heterocycles. The van der Waals surface area contributed by atoms with Gasteiger partial charge in [0.15, 0.2) is 0 Å². The summed E-state index contributed by atoms with van der Waals surface area (Å²) < 4.78 is 5.81. The van der Waals surface area contributed by atoms with E-state index in [1.807, 2.05) is 6.92 Å². The number of carbonyl (C=O) groups is 2. The molecule has 0 heterocycles. The minimum atomic E-state index is -1.02. The van der Waals surface area contributed by atoms with Crippen LogP contribution in [0.15, 0.2) is 42.0 Å². The van der Waals surface area contributed by atoms with E-state index in [-0.39, 0.29) is 51.8 Å². The quantitative estimate of drug-likeness (QED) is 0.154. The van der Waals surface area contributed by atoms with Crippen molar-refractivity contribution in [1.29, 1.82) is 0 Å². The van der Waals surface area contributed by atoms with Gasteiger partial charge in [-0.25, -0.2) is 4.79 Å². The Hall–Kier alpha value is -2.64. The van der Waals surface area contributed by atoms with Gasteiger partial charge in [0.25, 0.3) is 0 Å². The van der Waals surface area contributed by atoms with Crippen LogP contribution in [0.5, 0.6) is 5.75 Å². The van der Waals surface area contributed by atoms with Crippen LogP contribution in [0.25, 0.3) is 6.08 Å². The van der Waals surface area contributed by atoms with Gasteiger partial charge in [-0.15, -0.1) is 0 Å². The number of carboxylic acid groups (broad SMARTS) is 1. The van der Waals surface area contributed by atoms with Crippen LogP contribution >= 0.6 is 0 Å². The third kappa shape index (κ3) is 4.81. The maximum atomic E-state index is 12.9. The van der Waals surface area contributed by atoms with E-state index in [0.717, 1.165) is 50.5 Å². The molecule has 1 aromatic rings. The van der Waals surface area contributed by atoms with Gasteiger partial charge >= 0.3 is 11.9 Å². The summed E-state index contributed by atoms with van der Waals surface area (Å²) >= 11 is 0. The average Bonchev–Trinajstić information content (AvgIpc) is 2.98. The summed E-state index contributed by atoms with van der Waals surface area (Å²) in [5, 5.41) is 43.1. The van der Waals surface area contributed by atoms with E-state index in [1.165, 1.54) is 11.6 Å². The van der Waals surface area contributed by atoms with Gasteiger partial charge < -0.3 is 25.2 Å². The zero-order valence-corrected chi connectivity index (χ0v) is 28.5. The zero-order chi connectivity index (χ0) is 33.5. The molecule has 46 heavy (non-hydrogen) atoms. The first-order valence-corrected chi connectivity index (χ1v) is 17.4. The maximum Gasteiger partial charge on any atom is 0.330 e. The highest BCUT2D eigenvalue weighted by atomic mass is 16.5. The fourth-order valence-electron chi connectivity index (χ4n) is 11.8. The average molecular weight is 635 g/mol. The van der Waals surface area contributed by atoms with Crippen molar-refractivity contribution in [3.63, 3.8) is 0 Å². The second-order valence-corrected chi connectivity index (χ2v) is 17.4. The molecule has 10 atom stereocenters. The zero-order valence-electron chi connectivity index (χ0n) is 28.5. The van der Waals surface area contributed by atoms with Crippen molar-refractivity contribution in [3.05, 3.63) is 47.6 Å². The third-order valence-corrected chi connectivity index (χ3v) is 14.6. The molecule has 0 saturated heterocycles. The lowest BCUT2D eigenvalue weighted by Crippen LogP contribution is -2.68.